The molecule has 0 radical (unpaired) electrons. The predicted octanol–water partition coefficient (Wildman–Crippen LogP) is 8.55. The van der Waals surface area contributed by atoms with Crippen molar-refractivity contribution in [3.63, 3.8) is 0 Å². The quantitative estimate of drug-likeness (QED) is 0.156. The Morgan fingerprint density at radius 3 is 1.96 bits per heavy atom. The van der Waals surface area contributed by atoms with Gasteiger partial charge in [-0.2, -0.15) is 5.10 Å². The van der Waals surface area contributed by atoms with Crippen molar-refractivity contribution in [2.24, 2.45) is 0 Å². The van der Waals surface area contributed by atoms with Crippen LogP contribution in [-0.4, -0.2) is 44.7 Å². The number of fused-ring (bicyclic) bond motifs is 2. The molecule has 3 heterocycles. The number of nitrogens with one attached hydrogen (secondary N) is 2. The largest absolute Gasteiger partial charge is 0.347 e. The molecule has 258 valence electrons. The maximum absolute atomic E-state index is 13.6. The first-order chi connectivity index (χ1) is 25.5. The van der Waals surface area contributed by atoms with Crippen molar-refractivity contribution in [3.8, 4) is 0 Å². The Morgan fingerprint density at radius 1 is 0.827 bits per heavy atom. The topological polar surface area (TPSA) is 94.1 Å². The van der Waals surface area contributed by atoms with E-state index in [0.29, 0.717) is 25.2 Å². The molecule has 0 unspecified atom stereocenters. The maximum Gasteiger partial charge on any atom is 0.287 e. The fourth-order valence-corrected chi connectivity index (χ4v) is 8.00. The van der Waals surface area contributed by atoms with Crippen LogP contribution in [0.15, 0.2) is 140 Å². The Morgan fingerprint density at radius 2 is 1.40 bits per heavy atom. The highest BCUT2D eigenvalue weighted by Gasteiger charge is 2.42. The first-order valence-electron chi connectivity index (χ1n) is 18.0. The summed E-state index contributed by atoms with van der Waals surface area (Å²) in [5, 5.41) is 9.69. The van der Waals surface area contributed by atoms with Gasteiger partial charge < -0.3 is 19.8 Å². The molecule has 1 saturated heterocycles. The highest BCUT2D eigenvalue weighted by molar-refractivity contribution is 6.02. The number of aromatic nitrogens is 4. The van der Waals surface area contributed by atoms with Crippen LogP contribution in [0.2, 0.25) is 0 Å². The van der Waals surface area contributed by atoms with Gasteiger partial charge in [-0.25, -0.2) is 9.67 Å². The number of hydrogen-bond acceptors (Lipinski definition) is 5. The Balaban J connectivity index is 1.27. The average Bonchev–Trinajstić information content (AvgIpc) is 3.94. The van der Waals surface area contributed by atoms with Crippen molar-refractivity contribution in [2.45, 2.75) is 43.6 Å². The van der Waals surface area contributed by atoms with Crippen molar-refractivity contribution in [1.82, 2.24) is 25.1 Å². The van der Waals surface area contributed by atoms with Crippen LogP contribution < -0.4 is 5.32 Å². The van der Waals surface area contributed by atoms with E-state index in [2.05, 4.69) is 106 Å². The number of nitrogens with zero attached hydrogens (tertiary/aromatic N) is 3. The molecular formula is C44H39N5O3. The summed E-state index contributed by atoms with van der Waals surface area (Å²) in [6, 6.07) is 45.6. The smallest absolute Gasteiger partial charge is 0.287 e. The monoisotopic (exact) mass is 685 g/mol. The van der Waals surface area contributed by atoms with Crippen LogP contribution in [0.1, 0.15) is 70.8 Å². The SMILES string of the molecule is C[C@@H](NC(=O)c1nc2cc3c(C4=CCC5(CC4)OCCO5)nn(C(c4ccccc4)(c4ccccc4)c4ccccc4)c3cc2[nH]1)c1ccccc1. The molecule has 2 aliphatic rings. The van der Waals surface area contributed by atoms with Gasteiger partial charge in [0.2, 0.25) is 0 Å². The molecule has 7 aromatic rings. The second kappa shape index (κ2) is 13.1. The van der Waals surface area contributed by atoms with Crippen LogP contribution >= 0.6 is 0 Å². The number of rotatable bonds is 8. The van der Waals surface area contributed by atoms with Crippen molar-refractivity contribution >= 4 is 33.4 Å². The van der Waals surface area contributed by atoms with Crippen molar-refractivity contribution in [2.75, 3.05) is 13.2 Å². The Hall–Kier alpha value is -5.83. The van der Waals surface area contributed by atoms with E-state index in [1.54, 1.807) is 0 Å². The van der Waals surface area contributed by atoms with Gasteiger partial charge in [0.25, 0.3) is 5.91 Å². The second-order valence-electron chi connectivity index (χ2n) is 13.7. The molecule has 2 N–H and O–H groups in total. The molecule has 5 aromatic carbocycles. The third-order valence-corrected chi connectivity index (χ3v) is 10.6. The Kier molecular flexibility index (Phi) is 8.06. The third kappa shape index (κ3) is 5.43. The van der Waals surface area contributed by atoms with E-state index < -0.39 is 11.3 Å². The van der Waals surface area contributed by atoms with Crippen LogP contribution in [0.3, 0.4) is 0 Å². The minimum atomic E-state index is -0.840. The zero-order chi connectivity index (χ0) is 35.1. The van der Waals surface area contributed by atoms with Gasteiger partial charge in [-0.3, -0.25) is 4.79 Å². The number of carbonyl (C=O) groups is 1. The van der Waals surface area contributed by atoms with Gasteiger partial charge in [0.15, 0.2) is 11.6 Å². The number of hydrogen-bond donors (Lipinski definition) is 2. The first-order valence-corrected chi connectivity index (χ1v) is 18.0. The summed E-state index contributed by atoms with van der Waals surface area (Å²) in [5.74, 6) is -0.554. The number of aromatic amines is 1. The van der Waals surface area contributed by atoms with E-state index in [0.717, 1.165) is 62.8 Å². The third-order valence-electron chi connectivity index (χ3n) is 10.6. The minimum Gasteiger partial charge on any atom is -0.347 e. The predicted molar refractivity (Wildman–Crippen MR) is 203 cm³/mol. The van der Waals surface area contributed by atoms with Gasteiger partial charge in [-0.15, -0.1) is 0 Å². The molecule has 9 rings (SSSR count). The molecule has 8 heteroatoms. The van der Waals surface area contributed by atoms with E-state index in [1.165, 1.54) is 0 Å². The van der Waals surface area contributed by atoms with Gasteiger partial charge in [0.1, 0.15) is 5.54 Å². The number of imidazole rings is 1. The molecule has 52 heavy (non-hydrogen) atoms. The number of H-pyrrole nitrogens is 1. The van der Waals surface area contributed by atoms with Crippen LogP contribution in [0.4, 0.5) is 0 Å². The van der Waals surface area contributed by atoms with Crippen LogP contribution in [0.25, 0.3) is 27.5 Å². The molecule has 0 saturated carbocycles. The van der Waals surface area contributed by atoms with E-state index in [9.17, 15) is 4.79 Å². The summed E-state index contributed by atoms with van der Waals surface area (Å²) in [6.45, 7) is 3.21. The molecule has 1 aliphatic carbocycles. The number of ether oxygens (including phenoxy) is 2. The molecule has 1 spiro atoms. The maximum atomic E-state index is 13.6. The number of carbonyl (C=O) groups excluding carboxylic acids is 1. The lowest BCUT2D eigenvalue weighted by Crippen LogP contribution is -2.38. The molecule has 1 fully saturated rings. The lowest BCUT2D eigenvalue weighted by atomic mass is 9.77. The molecule has 1 atom stereocenters. The fourth-order valence-electron chi connectivity index (χ4n) is 8.00. The summed E-state index contributed by atoms with van der Waals surface area (Å²) in [6.07, 6.45) is 4.40. The normalized spacial score (nSPS) is 16.3. The Labute approximate surface area is 302 Å². The summed E-state index contributed by atoms with van der Waals surface area (Å²) in [5.41, 5.74) is 7.82. The first kappa shape index (κ1) is 32.1. The average molecular weight is 686 g/mol. The fraction of sp³-hybridized carbons (Fsp3) is 0.205. The lowest BCUT2D eigenvalue weighted by Gasteiger charge is -2.37. The lowest BCUT2D eigenvalue weighted by molar-refractivity contribution is -0.159. The van der Waals surface area contributed by atoms with Gasteiger partial charge in [0.05, 0.1) is 41.5 Å². The van der Waals surface area contributed by atoms with Gasteiger partial charge in [-0.05, 0) is 53.3 Å². The van der Waals surface area contributed by atoms with Gasteiger partial charge in [-0.1, -0.05) is 127 Å². The van der Waals surface area contributed by atoms with Gasteiger partial charge in [0, 0.05) is 18.2 Å². The van der Waals surface area contributed by atoms with E-state index in [1.807, 2.05) is 55.5 Å². The second-order valence-corrected chi connectivity index (χ2v) is 13.7. The zero-order valence-electron chi connectivity index (χ0n) is 29.0. The standard InChI is InChI=1S/C44H39N5O3/c1-30(31-14-6-2-7-15-31)45-42(50)41-46-37-28-36-39(29-38(37)47-41)49(48-40(36)32-22-24-43(25-23-32)51-26-27-52-43)44(33-16-8-3-9-17-33,34-18-10-4-11-19-34)35-20-12-5-13-21-35/h2-22,28-30H,23-27H2,1H3,(H,45,50)(H,46,47)/t30-/m1/s1. The molecule has 1 amide bonds. The van der Waals surface area contributed by atoms with Crippen LogP contribution in [0.5, 0.6) is 0 Å². The van der Waals surface area contributed by atoms with E-state index in [4.69, 9.17) is 19.6 Å². The Bertz CT molecular complexity index is 2300. The summed E-state index contributed by atoms with van der Waals surface area (Å²) in [7, 11) is 0. The summed E-state index contributed by atoms with van der Waals surface area (Å²) in [4.78, 5) is 21.8. The molecular weight excluding hydrogens is 647 g/mol. The molecule has 1 aliphatic heterocycles. The van der Waals surface area contributed by atoms with E-state index in [-0.39, 0.29) is 17.8 Å². The van der Waals surface area contributed by atoms with Crippen LogP contribution in [0, 0.1) is 0 Å². The molecule has 0 bridgehead atoms. The van der Waals surface area contributed by atoms with Crippen molar-refractivity contribution in [3.05, 3.63) is 173 Å². The highest BCUT2D eigenvalue weighted by Crippen LogP contribution is 2.46. The summed E-state index contributed by atoms with van der Waals surface area (Å²) < 4.78 is 14.3. The van der Waals surface area contributed by atoms with Crippen molar-refractivity contribution in [1.29, 1.82) is 0 Å². The zero-order valence-corrected chi connectivity index (χ0v) is 29.0. The molecule has 8 nitrogen and oxygen atoms in total. The summed E-state index contributed by atoms with van der Waals surface area (Å²) >= 11 is 0. The van der Waals surface area contributed by atoms with E-state index >= 15 is 0 Å². The van der Waals surface area contributed by atoms with Crippen LogP contribution in [-0.2, 0) is 15.0 Å². The van der Waals surface area contributed by atoms with Gasteiger partial charge >= 0.3 is 0 Å². The number of allylic oxidation sites excluding steroid dienone is 1. The molecule has 2 aromatic heterocycles. The highest BCUT2D eigenvalue weighted by atomic mass is 16.7. The number of benzene rings is 5. The van der Waals surface area contributed by atoms with Crippen molar-refractivity contribution < 1.29 is 14.3 Å². The number of amides is 1. The minimum absolute atomic E-state index is 0.182.